The number of hydrogen-bond donors (Lipinski definition) is 1. The molecule has 1 saturated heterocycles. The Kier molecular flexibility index (Phi) is 23.9. The standard InChI is InChI=1S/C18H35NO4Si.C14H26O4.Li.H2O.2H2S/c1-16(2,3)23-15(21)19-13(11-18(7,8)14(19)20)12-22-24(9,10)17(4,5)6;1-7-10(9-14(5,6)12(16)17)8-11(15)18-13(2,3)4;;;;/h13H,11-12H2,1-10H3;10H,7-9H2,1-6H3,(H,16,17);;3*1H2/q;;+1;;;/p-1/t13-;10-;;;;/m00..../s1. The maximum Gasteiger partial charge on any atom is 1.00 e. The molecule has 14 heteroatoms. The van der Waals surface area contributed by atoms with Crippen LogP contribution in [0.5, 0.6) is 0 Å². The molecule has 0 bridgehead atoms. The van der Waals surface area contributed by atoms with Crippen LogP contribution in [0.4, 0.5) is 4.79 Å². The minimum absolute atomic E-state index is 0. The fraction of sp³-hybridized carbons (Fsp3) is 0.875. The quantitative estimate of drug-likeness (QED) is 0.262. The summed E-state index contributed by atoms with van der Waals surface area (Å²) in [4.78, 5) is 49.3. The molecule has 0 aromatic carbocycles. The van der Waals surface area contributed by atoms with Gasteiger partial charge in [-0.1, -0.05) is 48.0 Å². The molecule has 0 spiro atoms. The Morgan fingerprint density at radius 3 is 1.72 bits per heavy atom. The van der Waals surface area contributed by atoms with Gasteiger partial charge in [-0.3, -0.25) is 14.4 Å². The van der Waals surface area contributed by atoms with Gasteiger partial charge in [-0.25, -0.2) is 9.69 Å². The number of carbonyl (C=O) groups is 4. The summed E-state index contributed by atoms with van der Waals surface area (Å²) in [6.07, 6.45) is 1.57. The van der Waals surface area contributed by atoms with Crippen molar-refractivity contribution in [2.75, 3.05) is 6.61 Å². The van der Waals surface area contributed by atoms with Crippen LogP contribution in [0.3, 0.4) is 0 Å². The third kappa shape index (κ3) is 18.7. The van der Waals surface area contributed by atoms with Gasteiger partial charge >= 0.3 is 36.9 Å². The van der Waals surface area contributed by atoms with Crippen molar-refractivity contribution in [1.82, 2.24) is 4.90 Å². The van der Waals surface area contributed by atoms with Crippen LogP contribution in [-0.4, -0.2) is 71.6 Å². The van der Waals surface area contributed by atoms with Gasteiger partial charge in [0.1, 0.15) is 11.2 Å². The molecule has 0 radical (unpaired) electrons. The first-order valence-electron chi connectivity index (χ1n) is 15.1. The topological polar surface area (TPSA) is 149 Å². The van der Waals surface area contributed by atoms with E-state index in [1.54, 1.807) is 34.6 Å². The number of hydrogen-bond acceptors (Lipinski definition) is 8. The largest absolute Gasteiger partial charge is 1.00 e. The third-order valence-electron chi connectivity index (χ3n) is 7.77. The van der Waals surface area contributed by atoms with Gasteiger partial charge in [0.25, 0.3) is 0 Å². The van der Waals surface area contributed by atoms with Gasteiger partial charge in [0.05, 0.1) is 18.1 Å². The van der Waals surface area contributed by atoms with E-state index in [0.717, 1.165) is 6.42 Å². The van der Waals surface area contributed by atoms with Crippen molar-refractivity contribution in [1.29, 1.82) is 0 Å². The second-order valence-corrected chi connectivity index (χ2v) is 21.2. The van der Waals surface area contributed by atoms with Gasteiger partial charge in [-0.15, -0.1) is 0 Å². The van der Waals surface area contributed by atoms with Crippen molar-refractivity contribution in [3.05, 3.63) is 0 Å². The molecule has 1 fully saturated rings. The molecule has 270 valence electrons. The second-order valence-electron chi connectivity index (χ2n) is 16.4. The number of rotatable bonds is 9. The number of likely N-dealkylation sites (tertiary alicyclic amines) is 1. The third-order valence-corrected chi connectivity index (χ3v) is 12.3. The molecule has 2 amide bonds. The van der Waals surface area contributed by atoms with Gasteiger partial charge in [-0.05, 0) is 92.3 Å². The summed E-state index contributed by atoms with van der Waals surface area (Å²) in [7, 11) is -1.94. The van der Waals surface area contributed by atoms with E-state index in [1.807, 2.05) is 41.5 Å². The van der Waals surface area contributed by atoms with Crippen molar-refractivity contribution in [2.24, 2.45) is 16.7 Å². The van der Waals surface area contributed by atoms with Crippen molar-refractivity contribution < 1.29 is 62.5 Å². The normalized spacial score (nSPS) is 17.0. The molecule has 10 nitrogen and oxygen atoms in total. The van der Waals surface area contributed by atoms with E-state index < -0.39 is 42.4 Å². The number of imide groups is 1. The van der Waals surface area contributed by atoms with Crippen LogP contribution < -0.4 is 18.9 Å². The van der Waals surface area contributed by atoms with E-state index >= 15 is 0 Å². The summed E-state index contributed by atoms with van der Waals surface area (Å²) in [6, 6.07) is -0.267. The Balaban J connectivity index is -0.000000232. The van der Waals surface area contributed by atoms with E-state index in [-0.39, 0.29) is 86.6 Å². The first-order valence-corrected chi connectivity index (χ1v) is 18.0. The molecule has 0 unspecified atom stereocenters. The summed E-state index contributed by atoms with van der Waals surface area (Å²) in [5, 5.41) is 9.18. The number of aliphatic carboxylic acids is 1. The van der Waals surface area contributed by atoms with Crippen molar-refractivity contribution in [2.45, 2.75) is 158 Å². The molecule has 0 saturated carbocycles. The minimum Gasteiger partial charge on any atom is -0.870 e. The van der Waals surface area contributed by atoms with Crippen LogP contribution in [0.25, 0.3) is 0 Å². The van der Waals surface area contributed by atoms with Crippen molar-refractivity contribution >= 4 is 59.2 Å². The van der Waals surface area contributed by atoms with Crippen LogP contribution in [-0.2, 0) is 28.3 Å². The van der Waals surface area contributed by atoms with E-state index in [1.165, 1.54) is 4.90 Å². The number of carboxylic acids is 1. The first-order chi connectivity index (χ1) is 18.5. The zero-order chi connectivity index (χ0) is 33.7. The zero-order valence-electron chi connectivity index (χ0n) is 31.9. The maximum absolute atomic E-state index is 12.7. The summed E-state index contributed by atoms with van der Waals surface area (Å²) in [5.41, 5.74) is -2.49. The number of esters is 1. The number of nitrogens with zero attached hydrogens (tertiary/aromatic N) is 1. The predicted octanol–water partition coefficient (Wildman–Crippen LogP) is 4.87. The van der Waals surface area contributed by atoms with Crippen molar-refractivity contribution in [3.63, 3.8) is 0 Å². The number of amides is 2. The summed E-state index contributed by atoms with van der Waals surface area (Å²) < 4.78 is 17.0. The molecule has 46 heavy (non-hydrogen) atoms. The molecular weight excluding hydrogens is 642 g/mol. The van der Waals surface area contributed by atoms with Crippen LogP contribution in [0, 0.1) is 16.7 Å². The molecule has 0 aromatic rings. The Hall–Kier alpha value is -0.686. The minimum atomic E-state index is -1.94. The number of carbonyl (C=O) groups excluding carboxylic acids is 3. The average Bonchev–Trinajstić information content (AvgIpc) is 2.97. The van der Waals surface area contributed by atoms with Gasteiger partial charge in [-0.2, -0.15) is 27.0 Å². The van der Waals surface area contributed by atoms with Gasteiger partial charge < -0.3 is 24.5 Å². The predicted molar refractivity (Wildman–Crippen MR) is 191 cm³/mol. The van der Waals surface area contributed by atoms with Crippen molar-refractivity contribution in [3.8, 4) is 0 Å². The van der Waals surface area contributed by atoms with Crippen LogP contribution in [0.15, 0.2) is 0 Å². The Labute approximate surface area is 306 Å². The molecule has 2 atom stereocenters. The van der Waals surface area contributed by atoms with E-state index in [4.69, 9.17) is 19.0 Å². The molecule has 0 aliphatic carbocycles. The Morgan fingerprint density at radius 1 is 0.935 bits per heavy atom. The van der Waals surface area contributed by atoms with Gasteiger partial charge in [0, 0.05) is 11.8 Å². The van der Waals surface area contributed by atoms with Gasteiger partial charge in [0.2, 0.25) is 5.91 Å². The SMILES string of the molecule is CC(C)(C)OC(=O)N1C(=O)C(C)(C)C[C@H]1CO[Si](C)(C)C(C)(C)C.CC[C@@H](CC(=O)OC(C)(C)C)CC(C)(C)C(=O)O.S.S.[Li+].[OH-]. The summed E-state index contributed by atoms with van der Waals surface area (Å²) in [6.45, 7) is 31.2. The molecule has 2 N–H and O–H groups in total. The molecule has 1 heterocycles. The maximum atomic E-state index is 12.7. The molecule has 1 rings (SSSR count). The Bertz CT molecular complexity index is 972. The fourth-order valence-electron chi connectivity index (χ4n) is 4.25. The summed E-state index contributed by atoms with van der Waals surface area (Å²) >= 11 is 0. The van der Waals surface area contributed by atoms with E-state index in [2.05, 4.69) is 33.9 Å². The first kappa shape index (κ1) is 54.8. The van der Waals surface area contributed by atoms with E-state index in [9.17, 15) is 19.2 Å². The van der Waals surface area contributed by atoms with Crippen LogP contribution in [0.2, 0.25) is 18.1 Å². The second kappa shape index (κ2) is 20.1. The molecular formula is C32H66LiNO9S2Si. The van der Waals surface area contributed by atoms with Gasteiger partial charge in [0.15, 0.2) is 8.32 Å². The monoisotopic (exact) mass is 707 g/mol. The average molecular weight is 708 g/mol. The summed E-state index contributed by atoms with van der Waals surface area (Å²) in [5.74, 6) is -1.22. The number of ether oxygens (including phenoxy) is 2. The Morgan fingerprint density at radius 2 is 1.37 bits per heavy atom. The smallest absolute Gasteiger partial charge is 0.870 e. The molecule has 1 aliphatic rings. The fourth-order valence-corrected chi connectivity index (χ4v) is 5.29. The molecule has 1 aliphatic heterocycles. The molecule has 0 aromatic heterocycles. The van der Waals surface area contributed by atoms with Crippen LogP contribution in [0.1, 0.15) is 123 Å². The zero-order valence-corrected chi connectivity index (χ0v) is 34.9. The number of carboxylic acid groups (broad SMARTS) is 1. The van der Waals surface area contributed by atoms with E-state index in [0.29, 0.717) is 19.4 Å². The van der Waals surface area contributed by atoms with Crippen LogP contribution >= 0.6 is 27.0 Å².